The topological polar surface area (TPSA) is 41.1 Å². The number of amides is 1. The molecule has 1 aliphatic rings. The van der Waals surface area contributed by atoms with Gasteiger partial charge in [-0.25, -0.2) is 0 Å². The minimum absolute atomic E-state index is 0.108. The largest absolute Gasteiger partial charge is 0.416 e. The fraction of sp³-hybridized carbons (Fsp3) is 0.462. The molecule has 0 unspecified atom stereocenters. The summed E-state index contributed by atoms with van der Waals surface area (Å²) in [6, 6.07) is 3.34. The van der Waals surface area contributed by atoms with E-state index in [4.69, 9.17) is 11.6 Å². The first-order chi connectivity index (χ1) is 9.36. The van der Waals surface area contributed by atoms with Crippen LogP contribution in [0.4, 0.5) is 18.9 Å². The number of benzene rings is 1. The molecular formula is C13H14ClF3N2O. The Bertz CT molecular complexity index is 501. The maximum atomic E-state index is 12.6. The van der Waals surface area contributed by atoms with E-state index in [9.17, 15) is 18.0 Å². The fourth-order valence-electron chi connectivity index (χ4n) is 1.68. The summed E-state index contributed by atoms with van der Waals surface area (Å²) in [5.74, 6) is -0.108. The van der Waals surface area contributed by atoms with Crippen LogP contribution in [-0.4, -0.2) is 18.5 Å². The van der Waals surface area contributed by atoms with Gasteiger partial charge in [0.1, 0.15) is 0 Å². The van der Waals surface area contributed by atoms with Crippen LogP contribution in [0.25, 0.3) is 0 Å². The number of rotatable bonds is 5. The van der Waals surface area contributed by atoms with E-state index < -0.39 is 11.7 Å². The summed E-state index contributed by atoms with van der Waals surface area (Å²) in [5.41, 5.74) is -0.590. The van der Waals surface area contributed by atoms with Gasteiger partial charge >= 0.3 is 6.18 Å². The second-order valence-electron chi connectivity index (χ2n) is 4.71. The van der Waals surface area contributed by atoms with E-state index in [1.807, 2.05) is 0 Å². The number of anilines is 1. The lowest BCUT2D eigenvalue weighted by molar-refractivity contribution is -0.137. The highest BCUT2D eigenvalue weighted by molar-refractivity contribution is 6.33. The summed E-state index contributed by atoms with van der Waals surface area (Å²) < 4.78 is 37.7. The molecule has 2 N–H and O–H groups in total. The zero-order valence-corrected chi connectivity index (χ0v) is 11.3. The molecule has 2 rings (SSSR count). The Kier molecular flexibility index (Phi) is 4.42. The standard InChI is InChI=1S/C13H14ClF3N2O/c14-10-4-1-8(13(15,16)17)7-11(10)18-6-5-12(20)19-9-2-3-9/h1,4,7,9,18H,2-3,5-6H2,(H,19,20). The minimum Gasteiger partial charge on any atom is -0.383 e. The van der Waals surface area contributed by atoms with Gasteiger partial charge in [-0.15, -0.1) is 0 Å². The van der Waals surface area contributed by atoms with Crippen LogP contribution in [0, 0.1) is 0 Å². The van der Waals surface area contributed by atoms with Gasteiger partial charge in [-0.1, -0.05) is 11.6 Å². The Morgan fingerprint density at radius 1 is 1.35 bits per heavy atom. The summed E-state index contributed by atoms with van der Waals surface area (Å²) in [7, 11) is 0. The number of hydrogen-bond donors (Lipinski definition) is 2. The van der Waals surface area contributed by atoms with Crippen LogP contribution in [0.3, 0.4) is 0 Å². The number of nitrogens with one attached hydrogen (secondary N) is 2. The highest BCUT2D eigenvalue weighted by atomic mass is 35.5. The predicted molar refractivity (Wildman–Crippen MR) is 70.7 cm³/mol. The van der Waals surface area contributed by atoms with E-state index in [1.54, 1.807) is 0 Å². The molecule has 1 amide bonds. The van der Waals surface area contributed by atoms with Gasteiger partial charge < -0.3 is 10.6 Å². The average Bonchev–Trinajstić information content (AvgIpc) is 3.14. The molecule has 0 saturated heterocycles. The first kappa shape index (κ1) is 15.0. The maximum Gasteiger partial charge on any atom is 0.416 e. The molecule has 1 saturated carbocycles. The number of alkyl halides is 3. The van der Waals surface area contributed by atoms with Gasteiger partial charge in [-0.05, 0) is 31.0 Å². The summed E-state index contributed by atoms with van der Waals surface area (Å²) >= 11 is 5.83. The molecule has 0 heterocycles. The van der Waals surface area contributed by atoms with Crippen molar-refractivity contribution in [1.29, 1.82) is 0 Å². The molecule has 110 valence electrons. The van der Waals surface area contributed by atoms with Crippen molar-refractivity contribution in [2.24, 2.45) is 0 Å². The lowest BCUT2D eigenvalue weighted by atomic mass is 10.2. The Morgan fingerprint density at radius 3 is 2.65 bits per heavy atom. The minimum atomic E-state index is -4.41. The van der Waals surface area contributed by atoms with Crippen LogP contribution < -0.4 is 10.6 Å². The van der Waals surface area contributed by atoms with Crippen molar-refractivity contribution in [3.8, 4) is 0 Å². The predicted octanol–water partition coefficient (Wildman–Crippen LogP) is 3.44. The summed E-state index contributed by atoms with van der Waals surface area (Å²) in [6.45, 7) is 0.236. The van der Waals surface area contributed by atoms with Crippen molar-refractivity contribution in [3.05, 3.63) is 28.8 Å². The van der Waals surface area contributed by atoms with Gasteiger partial charge in [0.15, 0.2) is 0 Å². The summed E-state index contributed by atoms with van der Waals surface area (Å²) in [4.78, 5) is 11.4. The van der Waals surface area contributed by atoms with Crippen LogP contribution in [0.1, 0.15) is 24.8 Å². The number of halogens is 4. The fourth-order valence-corrected chi connectivity index (χ4v) is 1.86. The van der Waals surface area contributed by atoms with Gasteiger partial charge in [-0.2, -0.15) is 13.2 Å². The molecule has 0 aliphatic heterocycles. The van der Waals surface area contributed by atoms with Gasteiger partial charge in [0.2, 0.25) is 5.91 Å². The highest BCUT2D eigenvalue weighted by Crippen LogP contribution is 2.33. The van der Waals surface area contributed by atoms with Gasteiger partial charge in [0.05, 0.1) is 16.3 Å². The van der Waals surface area contributed by atoms with Crippen molar-refractivity contribution in [2.45, 2.75) is 31.5 Å². The molecule has 0 spiro atoms. The van der Waals surface area contributed by atoms with Crippen molar-refractivity contribution in [3.63, 3.8) is 0 Å². The summed E-state index contributed by atoms with van der Waals surface area (Å²) in [5, 5.41) is 5.75. The second kappa shape index (κ2) is 5.91. The van der Waals surface area contributed by atoms with Crippen LogP contribution >= 0.6 is 11.6 Å². The first-order valence-electron chi connectivity index (χ1n) is 6.26. The third-order valence-electron chi connectivity index (χ3n) is 2.90. The average molecular weight is 307 g/mol. The van der Waals surface area contributed by atoms with Gasteiger partial charge in [0, 0.05) is 19.0 Å². The molecule has 0 radical (unpaired) electrons. The van der Waals surface area contributed by atoms with Crippen molar-refractivity contribution < 1.29 is 18.0 Å². The number of carbonyl (C=O) groups is 1. The molecule has 0 aromatic heterocycles. The summed E-state index contributed by atoms with van der Waals surface area (Å²) in [6.07, 6.45) is -2.22. The molecule has 7 heteroatoms. The normalized spacial score (nSPS) is 15.0. The Balaban J connectivity index is 1.89. The van der Waals surface area contributed by atoms with E-state index in [-0.39, 0.29) is 35.6 Å². The van der Waals surface area contributed by atoms with Crippen molar-refractivity contribution in [2.75, 3.05) is 11.9 Å². The number of carbonyl (C=O) groups excluding carboxylic acids is 1. The Hall–Kier alpha value is -1.43. The molecule has 1 aliphatic carbocycles. The number of hydrogen-bond acceptors (Lipinski definition) is 2. The van der Waals surface area contributed by atoms with Crippen LogP contribution in [0.2, 0.25) is 5.02 Å². The Labute approximate surface area is 119 Å². The van der Waals surface area contributed by atoms with Gasteiger partial charge in [0.25, 0.3) is 0 Å². The third-order valence-corrected chi connectivity index (χ3v) is 3.23. The first-order valence-corrected chi connectivity index (χ1v) is 6.64. The zero-order chi connectivity index (χ0) is 14.8. The van der Waals surface area contributed by atoms with Gasteiger partial charge in [-0.3, -0.25) is 4.79 Å². The van der Waals surface area contributed by atoms with E-state index in [0.717, 1.165) is 25.0 Å². The molecule has 20 heavy (non-hydrogen) atoms. The monoisotopic (exact) mass is 306 g/mol. The molecule has 1 fully saturated rings. The van der Waals surface area contributed by atoms with E-state index in [2.05, 4.69) is 10.6 Å². The van der Waals surface area contributed by atoms with E-state index in [1.165, 1.54) is 6.07 Å². The highest BCUT2D eigenvalue weighted by Gasteiger charge is 2.31. The third kappa shape index (κ3) is 4.30. The molecule has 0 atom stereocenters. The Morgan fingerprint density at radius 2 is 2.05 bits per heavy atom. The van der Waals surface area contributed by atoms with Crippen LogP contribution in [0.15, 0.2) is 18.2 Å². The van der Waals surface area contributed by atoms with Crippen molar-refractivity contribution in [1.82, 2.24) is 5.32 Å². The zero-order valence-electron chi connectivity index (χ0n) is 10.6. The molecule has 0 bridgehead atoms. The maximum absolute atomic E-state index is 12.6. The lowest BCUT2D eigenvalue weighted by Gasteiger charge is -2.12. The van der Waals surface area contributed by atoms with Crippen LogP contribution in [0.5, 0.6) is 0 Å². The molecule has 1 aromatic carbocycles. The molecule has 3 nitrogen and oxygen atoms in total. The second-order valence-corrected chi connectivity index (χ2v) is 5.12. The van der Waals surface area contributed by atoms with E-state index in [0.29, 0.717) is 0 Å². The molecule has 1 aromatic rings. The molecular weight excluding hydrogens is 293 g/mol. The van der Waals surface area contributed by atoms with Crippen LogP contribution in [-0.2, 0) is 11.0 Å². The van der Waals surface area contributed by atoms with Crippen molar-refractivity contribution >= 4 is 23.2 Å². The lowest BCUT2D eigenvalue weighted by Crippen LogP contribution is -2.27. The SMILES string of the molecule is O=C(CCNc1cc(C(F)(F)F)ccc1Cl)NC1CC1. The van der Waals surface area contributed by atoms with E-state index >= 15 is 0 Å². The smallest absolute Gasteiger partial charge is 0.383 e. The quantitative estimate of drug-likeness (QED) is 0.875.